The normalized spacial score (nSPS) is 12.6. The van der Waals surface area contributed by atoms with Gasteiger partial charge in [-0.2, -0.15) is 0 Å². The molecule has 1 heterocycles. The molecule has 0 aliphatic carbocycles. The van der Waals surface area contributed by atoms with E-state index in [9.17, 15) is 4.39 Å². The summed E-state index contributed by atoms with van der Waals surface area (Å²) in [4.78, 5) is 0. The Kier molecular flexibility index (Phi) is 4.72. The number of benzene rings is 1. The van der Waals surface area contributed by atoms with Crippen LogP contribution in [0.1, 0.15) is 19.6 Å². The van der Waals surface area contributed by atoms with Crippen molar-refractivity contribution in [2.45, 2.75) is 38.6 Å². The molecule has 2 rings (SSSR count). The lowest BCUT2D eigenvalue weighted by Crippen LogP contribution is -2.26. The van der Waals surface area contributed by atoms with Crippen molar-refractivity contribution in [3.8, 4) is 0 Å². The molecule has 0 unspecified atom stereocenters. The number of halogens is 2. The van der Waals surface area contributed by atoms with Crippen molar-refractivity contribution in [3.05, 3.63) is 34.2 Å². The first-order chi connectivity index (χ1) is 9.29. The van der Waals surface area contributed by atoms with Gasteiger partial charge in [-0.3, -0.25) is 0 Å². The van der Waals surface area contributed by atoms with Crippen LogP contribution >= 0.6 is 15.9 Å². The number of hydrogen-bond acceptors (Lipinski definition) is 2. The first-order valence-electron chi connectivity index (χ1n) is 6.75. The van der Waals surface area contributed by atoms with Crippen LogP contribution in [0, 0.1) is 5.82 Å². The summed E-state index contributed by atoms with van der Waals surface area (Å²) in [5, 5.41) is 1.02. The van der Waals surface area contributed by atoms with Crippen LogP contribution in [-0.4, -0.2) is 15.4 Å². The molecule has 0 saturated heterocycles. The van der Waals surface area contributed by atoms with Crippen molar-refractivity contribution >= 4 is 35.7 Å². The van der Waals surface area contributed by atoms with Crippen molar-refractivity contribution in [1.29, 1.82) is 0 Å². The highest BCUT2D eigenvalue weighted by Crippen LogP contribution is 2.31. The molecule has 0 bridgehead atoms. The van der Waals surface area contributed by atoms with E-state index in [2.05, 4.69) is 42.9 Å². The van der Waals surface area contributed by atoms with Gasteiger partial charge in [0.1, 0.15) is 23.8 Å². The predicted octanol–water partition coefficient (Wildman–Crippen LogP) is 5.12. The van der Waals surface area contributed by atoms with Gasteiger partial charge in [-0.15, -0.1) is 0 Å². The van der Waals surface area contributed by atoms with Crippen molar-refractivity contribution in [2.24, 2.45) is 0 Å². The van der Waals surface area contributed by atoms with Crippen LogP contribution in [0.5, 0.6) is 0 Å². The Morgan fingerprint density at radius 1 is 1.30 bits per heavy atom. The third kappa shape index (κ3) is 3.51. The van der Waals surface area contributed by atoms with E-state index in [0.29, 0.717) is 16.7 Å². The van der Waals surface area contributed by atoms with Gasteiger partial charge in [0.25, 0.3) is 0 Å². The van der Waals surface area contributed by atoms with Crippen molar-refractivity contribution in [1.82, 2.24) is 0 Å². The number of ether oxygens (including phenoxy) is 1. The molecule has 1 aromatic heterocycles. The molecular formula is C15H20BrFO2Si. The first-order valence-corrected chi connectivity index (χ1v) is 10.4. The Labute approximate surface area is 129 Å². The van der Waals surface area contributed by atoms with Crippen LogP contribution in [0.25, 0.3) is 11.0 Å². The zero-order valence-electron chi connectivity index (χ0n) is 12.3. The fourth-order valence-electron chi connectivity index (χ4n) is 1.78. The third-order valence-corrected chi connectivity index (χ3v) is 7.75. The van der Waals surface area contributed by atoms with Gasteiger partial charge in [0.15, 0.2) is 0 Å². The fourth-order valence-corrected chi connectivity index (χ4v) is 2.76. The van der Waals surface area contributed by atoms with E-state index >= 15 is 0 Å². The largest absolute Gasteiger partial charge is 0.457 e. The Hall–Kier alpha value is -0.653. The van der Waals surface area contributed by atoms with Gasteiger partial charge in [0.05, 0.1) is 4.47 Å². The van der Waals surface area contributed by atoms with Gasteiger partial charge < -0.3 is 9.15 Å². The summed E-state index contributed by atoms with van der Waals surface area (Å²) >= 11 is 3.31. The molecule has 0 fully saturated rings. The Balaban J connectivity index is 2.06. The molecule has 0 aliphatic heterocycles. The highest BCUT2D eigenvalue weighted by molar-refractivity contribution is 9.10. The molecule has 0 radical (unpaired) electrons. The second kappa shape index (κ2) is 5.99. The Morgan fingerprint density at radius 2 is 2.00 bits per heavy atom. The fraction of sp³-hybridized carbons (Fsp3) is 0.467. The monoisotopic (exact) mass is 358 g/mol. The van der Waals surface area contributed by atoms with Crippen LogP contribution in [0.3, 0.4) is 0 Å². The number of rotatable bonds is 5. The quantitative estimate of drug-likeness (QED) is 0.692. The highest BCUT2D eigenvalue weighted by Gasteiger charge is 2.23. The maximum atomic E-state index is 13.3. The van der Waals surface area contributed by atoms with Crippen LogP contribution in [0.15, 0.2) is 27.1 Å². The van der Waals surface area contributed by atoms with Crippen LogP contribution in [0.2, 0.25) is 18.1 Å². The Bertz CT molecular complexity index is 607. The summed E-state index contributed by atoms with van der Waals surface area (Å²) in [7, 11) is -0.762. The van der Waals surface area contributed by atoms with Gasteiger partial charge in [-0.25, -0.2) is 4.39 Å². The van der Waals surface area contributed by atoms with Gasteiger partial charge in [0, 0.05) is 20.8 Å². The van der Waals surface area contributed by atoms with Crippen LogP contribution in [0.4, 0.5) is 4.39 Å². The average molecular weight is 359 g/mol. The zero-order valence-corrected chi connectivity index (χ0v) is 15.0. The molecular weight excluding hydrogens is 339 g/mol. The maximum Gasteiger partial charge on any atom is 0.148 e. The molecule has 0 N–H and O–H groups in total. The van der Waals surface area contributed by atoms with Gasteiger partial charge in [-0.1, -0.05) is 26.9 Å². The van der Waals surface area contributed by atoms with E-state index in [0.717, 1.165) is 17.8 Å². The minimum Gasteiger partial charge on any atom is -0.457 e. The number of furan rings is 1. The molecule has 0 amide bonds. The molecule has 0 atom stereocenters. The number of hydrogen-bond donors (Lipinski definition) is 0. The molecule has 20 heavy (non-hydrogen) atoms. The molecule has 0 spiro atoms. The van der Waals surface area contributed by atoms with E-state index in [-0.39, 0.29) is 10.9 Å². The minimum atomic E-state index is -0.762. The Morgan fingerprint density at radius 3 is 2.65 bits per heavy atom. The second-order valence-electron chi connectivity index (χ2n) is 6.15. The predicted molar refractivity (Wildman–Crippen MR) is 86.4 cm³/mol. The summed E-state index contributed by atoms with van der Waals surface area (Å²) < 4.78 is 25.4. The average Bonchev–Trinajstić information content (AvgIpc) is 2.71. The van der Waals surface area contributed by atoms with E-state index in [4.69, 9.17) is 9.15 Å². The summed E-state index contributed by atoms with van der Waals surface area (Å²) in [6.07, 6.45) is 0. The van der Waals surface area contributed by atoms with E-state index in [1.165, 1.54) is 12.1 Å². The van der Waals surface area contributed by atoms with E-state index in [1.807, 2.05) is 6.07 Å². The summed E-state index contributed by atoms with van der Waals surface area (Å²) in [5.41, 5.74) is 0.669. The van der Waals surface area contributed by atoms with Crippen LogP contribution < -0.4 is 0 Å². The summed E-state index contributed by atoms with van der Waals surface area (Å²) in [6, 6.07) is 4.71. The van der Waals surface area contributed by atoms with Crippen molar-refractivity contribution < 1.29 is 13.5 Å². The first kappa shape index (κ1) is 15.7. The van der Waals surface area contributed by atoms with Crippen LogP contribution in [-0.2, 0) is 11.3 Å². The van der Waals surface area contributed by atoms with Crippen molar-refractivity contribution in [3.63, 3.8) is 0 Å². The summed E-state index contributed by atoms with van der Waals surface area (Å²) in [6.45, 7) is 10.3. The third-order valence-electron chi connectivity index (χ3n) is 3.87. The van der Waals surface area contributed by atoms with Gasteiger partial charge in [0.2, 0.25) is 0 Å². The lowest BCUT2D eigenvalue weighted by molar-refractivity contribution is 0.0889. The van der Waals surface area contributed by atoms with Gasteiger partial charge >= 0.3 is 0 Å². The lowest BCUT2D eigenvalue weighted by Gasteiger charge is -2.27. The highest BCUT2D eigenvalue weighted by atomic mass is 79.9. The molecule has 2 nitrogen and oxygen atoms in total. The summed E-state index contributed by atoms with van der Waals surface area (Å²) in [5.74, 6) is 0.456. The molecule has 1 aromatic carbocycles. The van der Waals surface area contributed by atoms with E-state index in [1.54, 1.807) is 0 Å². The van der Waals surface area contributed by atoms with E-state index < -0.39 is 8.80 Å². The standard InChI is InChI=1S/C15H20BrFO2Si/c1-15(2,20(3)4)9-18-8-12-6-10-5-11(17)7-13(16)14(10)19-12/h5-7,20H,8-9H2,1-4H3. The second-order valence-corrected chi connectivity index (χ2v) is 10.9. The zero-order chi connectivity index (χ0) is 14.9. The smallest absolute Gasteiger partial charge is 0.148 e. The maximum absolute atomic E-state index is 13.3. The minimum absolute atomic E-state index is 0.263. The molecule has 0 saturated carbocycles. The SMILES string of the molecule is C[SiH](C)C(C)(C)COCc1cc2cc(F)cc(Br)c2o1. The number of fused-ring (bicyclic) bond motifs is 1. The molecule has 110 valence electrons. The van der Waals surface area contributed by atoms with Crippen molar-refractivity contribution in [2.75, 3.05) is 6.61 Å². The lowest BCUT2D eigenvalue weighted by atomic mass is 10.2. The molecule has 0 aliphatic rings. The topological polar surface area (TPSA) is 22.4 Å². The molecule has 2 aromatic rings. The van der Waals surface area contributed by atoms with Gasteiger partial charge in [-0.05, 0) is 39.2 Å². The molecule has 5 heteroatoms.